The monoisotopic (exact) mass is 345 g/mol. The van der Waals surface area contributed by atoms with Gasteiger partial charge in [0.25, 0.3) is 0 Å². The summed E-state index contributed by atoms with van der Waals surface area (Å²) >= 11 is 8.19. The molecule has 2 rings (SSSR count). The van der Waals surface area contributed by atoms with Gasteiger partial charge in [0.2, 0.25) is 0 Å². The van der Waals surface area contributed by atoms with Crippen molar-refractivity contribution in [2.24, 2.45) is 0 Å². The van der Waals surface area contributed by atoms with Gasteiger partial charge in [-0.3, -0.25) is 4.98 Å². The maximum atomic E-state index is 6.05. The van der Waals surface area contributed by atoms with E-state index >= 15 is 0 Å². The smallest absolute Gasteiger partial charge is 0.0900 e. The normalized spacial score (nSPS) is 9.73. The first-order valence-electron chi connectivity index (χ1n) is 4.15. The fraction of sp³-hybridized carbons (Fsp3) is 0. The molecule has 0 N–H and O–H groups in total. The summed E-state index contributed by atoms with van der Waals surface area (Å²) in [5.41, 5.74) is 1.77. The number of benzene rings is 1. The van der Waals surface area contributed by atoms with Crippen LogP contribution in [0.3, 0.4) is 0 Å². The summed E-state index contributed by atoms with van der Waals surface area (Å²) in [6, 6.07) is 7.63. The number of aromatic nitrogens is 1. The van der Waals surface area contributed by atoms with Crippen LogP contribution in [0, 0.1) is 11.2 Å². The molecule has 1 nitrogen and oxygen atoms in total. The van der Waals surface area contributed by atoms with Gasteiger partial charge in [-0.05, 0) is 38.5 Å². The van der Waals surface area contributed by atoms with Gasteiger partial charge in [0.1, 0.15) is 0 Å². The van der Waals surface area contributed by atoms with Crippen molar-refractivity contribution in [3.63, 3.8) is 0 Å². The molecule has 0 aliphatic heterocycles. The Bertz CT molecular complexity index is 559. The maximum absolute atomic E-state index is 6.05. The highest BCUT2D eigenvalue weighted by Gasteiger charge is 2.02. The molecule has 2 aromatic rings. The van der Waals surface area contributed by atoms with E-state index in [-0.39, 0.29) is 0 Å². The molecule has 0 amide bonds. The summed E-state index contributed by atoms with van der Waals surface area (Å²) in [5.74, 6) is 3.07. The second-order valence-corrected chi connectivity index (χ2v) is 4.89. The van der Waals surface area contributed by atoms with Crippen LogP contribution in [0.2, 0.25) is 5.02 Å². The van der Waals surface area contributed by atoms with E-state index in [2.05, 4.69) is 37.4 Å². The van der Waals surface area contributed by atoms with Gasteiger partial charge < -0.3 is 0 Å². The van der Waals surface area contributed by atoms with Crippen molar-refractivity contribution in [1.82, 2.24) is 4.98 Å². The fourth-order valence-electron chi connectivity index (χ4n) is 1.32. The topological polar surface area (TPSA) is 12.9 Å². The summed E-state index contributed by atoms with van der Waals surface area (Å²) in [4.78, 5) is 4.24. The minimum atomic E-state index is 0.665. The van der Waals surface area contributed by atoms with Crippen molar-refractivity contribution in [2.45, 2.75) is 0 Å². The highest BCUT2D eigenvalue weighted by molar-refractivity contribution is 14.2. The molecule has 0 saturated heterocycles. The van der Waals surface area contributed by atoms with E-state index < -0.39 is 0 Å². The average molecular weight is 346 g/mol. The Hall–Kier alpha value is -0.440. The Balaban J connectivity index is 2.72. The van der Waals surface area contributed by atoms with Crippen molar-refractivity contribution in [1.29, 1.82) is 0 Å². The van der Waals surface area contributed by atoms with Crippen LogP contribution in [0.1, 0.15) is 5.56 Å². The number of hydrogen-bond donors (Lipinski definition) is 0. The van der Waals surface area contributed by atoms with Crippen molar-refractivity contribution in [3.05, 3.63) is 41.0 Å². The van der Waals surface area contributed by atoms with E-state index in [1.165, 1.54) is 8.93 Å². The number of fused-ring (bicyclic) bond motifs is 1. The molecule has 0 aliphatic carbocycles. The van der Waals surface area contributed by atoms with E-state index in [9.17, 15) is 0 Å². The molecule has 1 heterocycles. The summed E-state index contributed by atoms with van der Waals surface area (Å²) in [5, 5.41) is 4.63. The Morgan fingerprint density at radius 2 is 2.20 bits per heavy atom. The zero-order valence-corrected chi connectivity index (χ0v) is 11.2. The Morgan fingerprint density at radius 1 is 1.33 bits per heavy atom. The van der Waals surface area contributed by atoms with Crippen molar-refractivity contribution >= 4 is 52.6 Å². The predicted molar refractivity (Wildman–Crippen MR) is 75.2 cm³/mol. The number of pyridine rings is 1. The van der Waals surface area contributed by atoms with Crippen molar-refractivity contribution < 1.29 is 0 Å². The first-order valence-corrected chi connectivity index (χ1v) is 7.88. The standard InChI is InChI=1S/C11H5ClINS/c12-10-4-3-8(5-7-15-13)9-2-1-6-14-11(9)10/h1-4,6H. The molecule has 0 saturated carbocycles. The molecule has 0 aliphatic rings. The lowest BCUT2D eigenvalue weighted by Gasteiger charge is -2.01. The lowest BCUT2D eigenvalue weighted by atomic mass is 10.1. The molecular formula is C11H5ClINS. The van der Waals surface area contributed by atoms with Crippen molar-refractivity contribution in [3.8, 4) is 11.2 Å². The number of nitrogens with zero attached hydrogens (tertiary/aromatic N) is 1. The van der Waals surface area contributed by atoms with Crippen LogP contribution in [0.25, 0.3) is 10.9 Å². The van der Waals surface area contributed by atoms with Gasteiger partial charge in [-0.15, -0.1) is 0 Å². The van der Waals surface area contributed by atoms with Crippen LogP contribution in [0.5, 0.6) is 0 Å². The first-order chi connectivity index (χ1) is 7.33. The number of rotatable bonds is 0. The molecule has 15 heavy (non-hydrogen) atoms. The highest BCUT2D eigenvalue weighted by atomic mass is 127. The second-order valence-electron chi connectivity index (χ2n) is 2.80. The second kappa shape index (κ2) is 5.06. The van der Waals surface area contributed by atoms with Crippen LogP contribution in [-0.4, -0.2) is 4.98 Å². The van der Waals surface area contributed by atoms with Gasteiger partial charge in [-0.2, -0.15) is 0 Å². The maximum Gasteiger partial charge on any atom is 0.0900 e. The number of hydrogen-bond acceptors (Lipinski definition) is 2. The van der Waals surface area contributed by atoms with Gasteiger partial charge in [-0.1, -0.05) is 17.5 Å². The Labute approximate surface area is 109 Å². The van der Waals surface area contributed by atoms with E-state index in [1.54, 1.807) is 6.20 Å². The average Bonchev–Trinajstić information content (AvgIpc) is 2.29. The third kappa shape index (κ3) is 2.39. The van der Waals surface area contributed by atoms with Crippen LogP contribution < -0.4 is 0 Å². The summed E-state index contributed by atoms with van der Waals surface area (Å²) in [7, 11) is 1.46. The summed E-state index contributed by atoms with van der Waals surface area (Å²) in [6.07, 6.45) is 1.73. The summed E-state index contributed by atoms with van der Waals surface area (Å²) < 4.78 is 0. The third-order valence-electron chi connectivity index (χ3n) is 1.94. The van der Waals surface area contributed by atoms with Gasteiger partial charge in [0.15, 0.2) is 0 Å². The van der Waals surface area contributed by atoms with Gasteiger partial charge in [-0.25, -0.2) is 0 Å². The van der Waals surface area contributed by atoms with Crippen LogP contribution in [-0.2, 0) is 0 Å². The molecule has 0 fully saturated rings. The van der Waals surface area contributed by atoms with Gasteiger partial charge in [0, 0.05) is 38.4 Å². The predicted octanol–water partition coefficient (Wildman–Crippen LogP) is 4.28. The van der Waals surface area contributed by atoms with Crippen LogP contribution in [0.15, 0.2) is 30.5 Å². The Kier molecular flexibility index (Phi) is 3.73. The minimum absolute atomic E-state index is 0.665. The molecule has 4 heteroatoms. The number of halogens is 2. The fourth-order valence-corrected chi connectivity index (χ4v) is 2.01. The zero-order chi connectivity index (χ0) is 10.7. The van der Waals surface area contributed by atoms with E-state index in [1.807, 2.05) is 24.3 Å². The first kappa shape index (κ1) is 11.1. The van der Waals surface area contributed by atoms with Gasteiger partial charge >= 0.3 is 0 Å². The lowest BCUT2D eigenvalue weighted by Crippen LogP contribution is -1.83. The van der Waals surface area contributed by atoms with Crippen molar-refractivity contribution in [2.75, 3.05) is 0 Å². The van der Waals surface area contributed by atoms with E-state index in [0.29, 0.717) is 5.02 Å². The van der Waals surface area contributed by atoms with E-state index in [0.717, 1.165) is 16.5 Å². The molecule has 0 atom stereocenters. The van der Waals surface area contributed by atoms with E-state index in [4.69, 9.17) is 11.6 Å². The Morgan fingerprint density at radius 3 is 3.00 bits per heavy atom. The minimum Gasteiger partial charge on any atom is -0.255 e. The molecule has 0 radical (unpaired) electrons. The summed E-state index contributed by atoms with van der Waals surface area (Å²) in [6.45, 7) is 0. The van der Waals surface area contributed by atoms with Crippen LogP contribution >= 0.6 is 41.7 Å². The molecule has 74 valence electrons. The quantitative estimate of drug-likeness (QED) is 0.522. The zero-order valence-electron chi connectivity index (χ0n) is 7.50. The molecule has 0 spiro atoms. The molecule has 0 unspecified atom stereocenters. The molecular weight excluding hydrogens is 341 g/mol. The molecule has 1 aromatic heterocycles. The largest absolute Gasteiger partial charge is 0.255 e. The SMILES string of the molecule is Clc1ccc(C#CSI)c2cccnc12. The molecule has 1 aromatic carbocycles. The lowest BCUT2D eigenvalue weighted by molar-refractivity contribution is 1.41. The van der Waals surface area contributed by atoms with Crippen LogP contribution in [0.4, 0.5) is 0 Å². The highest BCUT2D eigenvalue weighted by Crippen LogP contribution is 2.24. The third-order valence-corrected chi connectivity index (χ3v) is 3.09. The molecule has 0 bridgehead atoms. The van der Waals surface area contributed by atoms with Gasteiger partial charge in [0.05, 0.1) is 10.5 Å².